The van der Waals surface area contributed by atoms with E-state index in [9.17, 15) is 13.4 Å². The molecule has 1 N–H and O–H groups in total. The molecular weight excluding hydrogens is 461 g/mol. The second-order valence-corrected chi connectivity index (χ2v) is 19.3. The first-order chi connectivity index (χ1) is 14.2. The summed E-state index contributed by atoms with van der Waals surface area (Å²) in [5, 5.41) is 3.32. The van der Waals surface area contributed by atoms with Gasteiger partial charge in [-0.1, -0.05) is 34.1 Å². The molecule has 0 bridgehead atoms. The van der Waals surface area contributed by atoms with Gasteiger partial charge in [-0.05, 0) is 77.5 Å². The van der Waals surface area contributed by atoms with E-state index in [4.69, 9.17) is 8.85 Å². The molecule has 1 saturated heterocycles. The fourth-order valence-corrected chi connectivity index (χ4v) is 6.57. The minimum atomic E-state index is -1.91. The first-order valence-corrected chi connectivity index (χ1v) is 20.2. The third-order valence-electron chi connectivity index (χ3n) is 4.91. The van der Waals surface area contributed by atoms with Gasteiger partial charge in [-0.3, -0.25) is 4.57 Å². The van der Waals surface area contributed by atoms with Crippen LogP contribution in [0.3, 0.4) is 0 Å². The van der Waals surface area contributed by atoms with E-state index in [2.05, 4.69) is 23.7 Å². The molecule has 1 aliphatic heterocycles. The van der Waals surface area contributed by atoms with Crippen LogP contribution in [0, 0.1) is 0 Å². The van der Waals surface area contributed by atoms with E-state index in [0.29, 0.717) is 0 Å². The van der Waals surface area contributed by atoms with Crippen molar-refractivity contribution in [3.63, 3.8) is 0 Å². The standard InChI is InChI=1S/C9H21NO2Si.C8H19NOSi.C2H6O2Si2.CH4/c1-4-5-7-10-8-6-9-13(10,11-2)12-3;1-3-4-6-9-7-5-8-11(2)10;1-5(3)6(2)4;/h4-9H2,1-3H3;9H,3-8H2,1-2H3;1-2H3;1H4. The zero-order chi connectivity index (χ0) is 23.4. The quantitative estimate of drug-likeness (QED) is 0.291. The van der Waals surface area contributed by atoms with Crippen molar-refractivity contribution in [1.29, 1.82) is 0 Å². The summed E-state index contributed by atoms with van der Waals surface area (Å²) in [6.07, 6.45) is 7.30. The van der Waals surface area contributed by atoms with E-state index in [1.165, 1.54) is 45.2 Å². The summed E-state index contributed by atoms with van der Waals surface area (Å²) in [5.41, 5.74) is 0. The predicted octanol–water partition coefficient (Wildman–Crippen LogP) is 4.35. The maximum Gasteiger partial charge on any atom is 0.427 e. The Kier molecular flexibility index (Phi) is 26.8. The van der Waals surface area contributed by atoms with Crippen molar-refractivity contribution >= 4 is 33.8 Å². The van der Waals surface area contributed by atoms with Gasteiger partial charge >= 0.3 is 25.1 Å². The third kappa shape index (κ3) is 19.3. The summed E-state index contributed by atoms with van der Waals surface area (Å²) < 4.78 is 44.5. The average molecular weight is 511 g/mol. The Bertz CT molecular complexity index is 468. The van der Waals surface area contributed by atoms with E-state index < -0.39 is 33.8 Å². The molecule has 0 atom stereocenters. The summed E-state index contributed by atoms with van der Waals surface area (Å²) >= 11 is 0. The van der Waals surface area contributed by atoms with Gasteiger partial charge in [-0.25, -0.2) is 0 Å². The highest BCUT2D eigenvalue weighted by atomic mass is 29.2. The smallest absolute Gasteiger partial charge is 0.389 e. The van der Waals surface area contributed by atoms with Crippen molar-refractivity contribution in [3.8, 4) is 0 Å². The molecule has 0 saturated carbocycles. The molecule has 0 aromatic heterocycles. The van der Waals surface area contributed by atoms with Crippen molar-refractivity contribution < 1.29 is 22.2 Å². The number of hydrogen-bond donors (Lipinski definition) is 1. The molecule has 0 aliphatic carbocycles. The van der Waals surface area contributed by atoms with E-state index in [1.807, 2.05) is 6.55 Å². The van der Waals surface area contributed by atoms with Crippen LogP contribution in [0.5, 0.6) is 0 Å². The molecular formula is C20H50N2O5Si4. The average Bonchev–Trinajstić information content (AvgIpc) is 3.13. The molecule has 0 unspecified atom stereocenters. The van der Waals surface area contributed by atoms with Crippen LogP contribution in [0.25, 0.3) is 0 Å². The lowest BCUT2D eigenvalue weighted by Gasteiger charge is -2.31. The van der Waals surface area contributed by atoms with Crippen molar-refractivity contribution in [3.05, 3.63) is 0 Å². The first kappa shape index (κ1) is 35.7. The molecule has 11 heteroatoms. The Morgan fingerprint density at radius 2 is 1.42 bits per heavy atom. The molecule has 0 aromatic rings. The second-order valence-electron chi connectivity index (χ2n) is 7.59. The number of nitrogens with zero attached hydrogens (tertiary/aromatic N) is 1. The Morgan fingerprint density at radius 1 is 0.903 bits per heavy atom. The van der Waals surface area contributed by atoms with Crippen LogP contribution in [-0.2, 0) is 22.2 Å². The molecule has 186 valence electrons. The lowest BCUT2D eigenvalue weighted by atomic mass is 10.3. The van der Waals surface area contributed by atoms with Crippen LogP contribution in [0.4, 0.5) is 0 Å². The van der Waals surface area contributed by atoms with E-state index in [0.717, 1.165) is 44.7 Å². The van der Waals surface area contributed by atoms with Crippen LogP contribution >= 0.6 is 0 Å². The van der Waals surface area contributed by atoms with Gasteiger partial charge < -0.3 is 27.6 Å². The molecule has 1 heterocycles. The predicted molar refractivity (Wildman–Crippen MR) is 137 cm³/mol. The monoisotopic (exact) mass is 510 g/mol. The fraction of sp³-hybridized carbons (Fsp3) is 1.00. The fourth-order valence-electron chi connectivity index (χ4n) is 2.89. The van der Waals surface area contributed by atoms with E-state index in [1.54, 1.807) is 14.2 Å². The Hall–Kier alpha value is 0.108. The maximum atomic E-state index is 10.7. The van der Waals surface area contributed by atoms with Crippen molar-refractivity contribution in [2.75, 3.05) is 40.4 Å². The zero-order valence-electron chi connectivity index (χ0n) is 20.5. The highest BCUT2D eigenvalue weighted by Crippen LogP contribution is 2.27. The van der Waals surface area contributed by atoms with Crippen molar-refractivity contribution in [1.82, 2.24) is 9.88 Å². The largest absolute Gasteiger partial charge is 0.427 e. The second kappa shape index (κ2) is 23.3. The van der Waals surface area contributed by atoms with Gasteiger partial charge in [0.15, 0.2) is 0 Å². The minimum absolute atomic E-state index is 0. The molecule has 1 aliphatic rings. The van der Waals surface area contributed by atoms with Gasteiger partial charge in [0.05, 0.1) is 0 Å². The summed E-state index contributed by atoms with van der Waals surface area (Å²) in [4.78, 5) is 0. The first-order valence-electron chi connectivity index (χ1n) is 11.3. The lowest BCUT2D eigenvalue weighted by Crippen LogP contribution is -2.53. The molecule has 0 spiro atoms. The van der Waals surface area contributed by atoms with Gasteiger partial charge in [0.25, 0.3) is 8.68 Å². The highest BCUT2D eigenvalue weighted by Gasteiger charge is 2.46. The van der Waals surface area contributed by atoms with Gasteiger partial charge in [-0.15, -0.1) is 0 Å². The molecule has 1 rings (SSSR count). The molecule has 0 amide bonds. The maximum absolute atomic E-state index is 10.7. The molecule has 0 aromatic carbocycles. The Morgan fingerprint density at radius 3 is 1.84 bits per heavy atom. The van der Waals surface area contributed by atoms with E-state index >= 15 is 0 Å². The number of rotatable bonds is 13. The molecule has 31 heavy (non-hydrogen) atoms. The van der Waals surface area contributed by atoms with Crippen LogP contribution in [0.2, 0.25) is 31.7 Å². The molecule has 0 radical (unpaired) electrons. The summed E-state index contributed by atoms with van der Waals surface area (Å²) in [5.74, 6) is 0. The molecule has 7 nitrogen and oxygen atoms in total. The number of hydrogen-bond acceptors (Lipinski definition) is 7. The number of unbranched alkanes of at least 4 members (excludes halogenated alkanes) is 2. The van der Waals surface area contributed by atoms with Crippen LogP contribution < -0.4 is 5.32 Å². The summed E-state index contributed by atoms with van der Waals surface area (Å²) in [6, 6.07) is 2.04. The number of nitrogens with one attached hydrogen (secondary N) is 1. The van der Waals surface area contributed by atoms with Crippen LogP contribution in [-0.4, -0.2) is 78.8 Å². The minimum Gasteiger partial charge on any atom is -0.389 e. The van der Waals surface area contributed by atoms with Crippen molar-refractivity contribution in [2.24, 2.45) is 0 Å². The zero-order valence-corrected chi connectivity index (χ0v) is 24.5. The van der Waals surface area contributed by atoms with Gasteiger partial charge in [0, 0.05) is 20.3 Å². The van der Waals surface area contributed by atoms with E-state index in [-0.39, 0.29) is 7.43 Å². The lowest BCUT2D eigenvalue weighted by molar-refractivity contribution is 0.181. The van der Waals surface area contributed by atoms with Gasteiger partial charge in [0.1, 0.15) is 0 Å². The van der Waals surface area contributed by atoms with Crippen LogP contribution in [0.15, 0.2) is 0 Å². The Balaban J connectivity index is -0.000000398. The topological polar surface area (TPSA) is 84.9 Å². The molecule has 1 fully saturated rings. The third-order valence-corrected chi connectivity index (χ3v) is 13.6. The van der Waals surface area contributed by atoms with Gasteiger partial charge in [0.2, 0.25) is 0 Å². The SMILES string of the molecule is C.CCCCN1CCC[Si]1(OC)OC.CCCCNCCC[Si](C)=O.C[Si](=O)[Si](C)=O. The Labute approximate surface area is 197 Å². The van der Waals surface area contributed by atoms with Gasteiger partial charge in [-0.2, -0.15) is 0 Å². The highest BCUT2D eigenvalue weighted by molar-refractivity contribution is 7.06. The van der Waals surface area contributed by atoms with Crippen molar-refractivity contribution in [2.45, 2.75) is 91.5 Å². The summed E-state index contributed by atoms with van der Waals surface area (Å²) in [6.45, 7) is 13.7. The summed E-state index contributed by atoms with van der Waals surface area (Å²) in [7, 11) is -2.86. The normalized spacial score (nSPS) is 14.4. The van der Waals surface area contributed by atoms with Crippen LogP contribution in [0.1, 0.15) is 59.8 Å².